The van der Waals surface area contributed by atoms with Crippen LogP contribution in [0.4, 0.5) is 10.1 Å². The fraction of sp³-hybridized carbons (Fsp3) is 0.304. The molecule has 1 aromatic heterocycles. The van der Waals surface area contributed by atoms with Crippen LogP contribution >= 0.6 is 0 Å². The van der Waals surface area contributed by atoms with Crippen LogP contribution in [0.1, 0.15) is 24.1 Å². The molecule has 2 heterocycles. The fourth-order valence-corrected chi connectivity index (χ4v) is 3.72. The van der Waals surface area contributed by atoms with Gasteiger partial charge in [-0.3, -0.25) is 9.69 Å². The van der Waals surface area contributed by atoms with Gasteiger partial charge in [-0.15, -0.1) is 0 Å². The van der Waals surface area contributed by atoms with Crippen molar-refractivity contribution in [2.75, 3.05) is 18.4 Å². The quantitative estimate of drug-likeness (QED) is 0.686. The highest BCUT2D eigenvalue weighted by Crippen LogP contribution is 2.28. The van der Waals surface area contributed by atoms with E-state index < -0.39 is 0 Å². The Kier molecular flexibility index (Phi) is 5.71. The lowest BCUT2D eigenvalue weighted by atomic mass is 9.95. The van der Waals surface area contributed by atoms with Gasteiger partial charge in [0.25, 0.3) is 0 Å². The second-order valence-corrected chi connectivity index (χ2v) is 7.50. The maximum absolute atomic E-state index is 13.1. The summed E-state index contributed by atoms with van der Waals surface area (Å²) in [4.78, 5) is 14.8. The van der Waals surface area contributed by atoms with E-state index in [1.165, 1.54) is 12.1 Å². The number of amides is 1. The number of carbonyl (C=O) groups excluding carboxylic acids is 1. The topological polar surface area (TPSA) is 58.4 Å². The van der Waals surface area contributed by atoms with Crippen LogP contribution in [0.15, 0.2) is 59.1 Å². The molecule has 1 N–H and O–H groups in total. The van der Waals surface area contributed by atoms with E-state index in [1.807, 2.05) is 37.3 Å². The molecule has 1 amide bonds. The number of nitrogens with zero attached hydrogens (tertiary/aromatic N) is 2. The molecule has 0 aliphatic carbocycles. The first-order valence-electron chi connectivity index (χ1n) is 9.89. The Hall–Kier alpha value is -2.99. The van der Waals surface area contributed by atoms with Gasteiger partial charge in [-0.25, -0.2) is 4.39 Å². The smallest absolute Gasteiger partial charge is 0.227 e. The molecule has 0 radical (unpaired) electrons. The van der Waals surface area contributed by atoms with Crippen LogP contribution in [-0.2, 0) is 11.3 Å². The van der Waals surface area contributed by atoms with Gasteiger partial charge in [0.2, 0.25) is 5.91 Å². The molecule has 1 aliphatic heterocycles. The van der Waals surface area contributed by atoms with Crippen LogP contribution < -0.4 is 5.32 Å². The maximum atomic E-state index is 13.1. The third kappa shape index (κ3) is 4.54. The second kappa shape index (κ2) is 8.57. The molecule has 1 aliphatic rings. The van der Waals surface area contributed by atoms with E-state index in [1.54, 1.807) is 12.1 Å². The van der Waals surface area contributed by atoms with Crippen LogP contribution in [0.2, 0.25) is 0 Å². The summed E-state index contributed by atoms with van der Waals surface area (Å²) in [6.45, 7) is 4.34. The molecule has 1 fully saturated rings. The number of benzene rings is 2. The van der Waals surface area contributed by atoms with E-state index in [9.17, 15) is 9.18 Å². The molecule has 3 aromatic rings. The first kappa shape index (κ1) is 19.3. The third-order valence-corrected chi connectivity index (χ3v) is 5.50. The van der Waals surface area contributed by atoms with Crippen molar-refractivity contribution in [3.63, 3.8) is 0 Å². The predicted octanol–water partition coefficient (Wildman–Crippen LogP) is 4.64. The minimum atomic E-state index is -0.273. The van der Waals surface area contributed by atoms with E-state index >= 15 is 0 Å². The summed E-state index contributed by atoms with van der Waals surface area (Å²) < 4.78 is 18.7. The molecule has 29 heavy (non-hydrogen) atoms. The van der Waals surface area contributed by atoms with Gasteiger partial charge in [0.1, 0.15) is 11.5 Å². The fourth-order valence-electron chi connectivity index (χ4n) is 3.72. The Morgan fingerprint density at radius 1 is 1.14 bits per heavy atom. The van der Waals surface area contributed by atoms with E-state index in [0.29, 0.717) is 12.3 Å². The summed E-state index contributed by atoms with van der Waals surface area (Å²) in [6, 6.07) is 15.8. The van der Waals surface area contributed by atoms with Crippen molar-refractivity contribution in [3.05, 3.63) is 71.7 Å². The highest BCUT2D eigenvalue weighted by Gasteiger charge is 2.26. The summed E-state index contributed by atoms with van der Waals surface area (Å²) in [5.41, 5.74) is 3.52. The van der Waals surface area contributed by atoms with Gasteiger partial charge in [-0.2, -0.15) is 0 Å². The first-order chi connectivity index (χ1) is 14.1. The number of carbonyl (C=O) groups is 1. The summed E-state index contributed by atoms with van der Waals surface area (Å²) >= 11 is 0. The summed E-state index contributed by atoms with van der Waals surface area (Å²) in [7, 11) is 0. The number of halogens is 1. The normalized spacial score (nSPS) is 15.4. The van der Waals surface area contributed by atoms with Crippen LogP contribution in [0.3, 0.4) is 0 Å². The number of piperidine rings is 1. The molecule has 0 bridgehead atoms. The lowest BCUT2D eigenvalue weighted by Gasteiger charge is -2.30. The molecule has 0 atom stereocenters. The SMILES string of the molecule is Cc1c(CN2CCC(C(=O)Nc3ccccc3)CC2)noc1-c1ccc(F)cc1. The highest BCUT2D eigenvalue weighted by molar-refractivity contribution is 5.92. The van der Waals surface area contributed by atoms with Gasteiger partial charge in [0, 0.05) is 29.3 Å². The molecule has 150 valence electrons. The maximum Gasteiger partial charge on any atom is 0.227 e. The number of nitrogens with one attached hydrogen (secondary N) is 1. The van der Waals surface area contributed by atoms with Crippen LogP contribution in [-0.4, -0.2) is 29.1 Å². The van der Waals surface area contributed by atoms with Crippen molar-refractivity contribution in [1.82, 2.24) is 10.1 Å². The number of hydrogen-bond donors (Lipinski definition) is 1. The zero-order chi connectivity index (χ0) is 20.2. The van der Waals surface area contributed by atoms with E-state index in [0.717, 1.165) is 48.4 Å². The molecular weight excluding hydrogens is 369 g/mol. The van der Waals surface area contributed by atoms with E-state index in [2.05, 4.69) is 15.4 Å². The molecule has 5 nitrogen and oxygen atoms in total. The van der Waals surface area contributed by atoms with Gasteiger partial charge >= 0.3 is 0 Å². The molecule has 6 heteroatoms. The average molecular weight is 393 g/mol. The molecular formula is C23H24FN3O2. The molecule has 4 rings (SSSR count). The molecule has 0 spiro atoms. The third-order valence-electron chi connectivity index (χ3n) is 5.50. The number of anilines is 1. The molecule has 2 aromatic carbocycles. The molecule has 1 saturated heterocycles. The number of likely N-dealkylation sites (tertiary alicyclic amines) is 1. The first-order valence-corrected chi connectivity index (χ1v) is 9.89. The largest absolute Gasteiger partial charge is 0.356 e. The standard InChI is InChI=1S/C23H24FN3O2/c1-16-21(26-29-22(16)17-7-9-19(24)10-8-17)15-27-13-11-18(12-14-27)23(28)25-20-5-3-2-4-6-20/h2-10,18H,11-15H2,1H3,(H,25,28). The van der Waals surface area contributed by atoms with Crippen LogP contribution in [0.5, 0.6) is 0 Å². The van der Waals surface area contributed by atoms with Crippen molar-refractivity contribution in [1.29, 1.82) is 0 Å². The average Bonchev–Trinajstić information content (AvgIpc) is 3.10. The minimum absolute atomic E-state index is 0.0274. The minimum Gasteiger partial charge on any atom is -0.356 e. The highest BCUT2D eigenvalue weighted by atomic mass is 19.1. The van der Waals surface area contributed by atoms with Crippen molar-refractivity contribution in [2.24, 2.45) is 5.92 Å². The van der Waals surface area contributed by atoms with Crippen LogP contribution in [0.25, 0.3) is 11.3 Å². The molecule has 0 unspecified atom stereocenters. The van der Waals surface area contributed by atoms with Crippen LogP contribution in [0, 0.1) is 18.7 Å². The zero-order valence-corrected chi connectivity index (χ0v) is 16.4. The predicted molar refractivity (Wildman–Crippen MR) is 110 cm³/mol. The number of aromatic nitrogens is 1. The Labute approximate surface area is 169 Å². The van der Waals surface area contributed by atoms with Crippen molar-refractivity contribution in [3.8, 4) is 11.3 Å². The van der Waals surface area contributed by atoms with Gasteiger partial charge < -0.3 is 9.84 Å². The van der Waals surface area contributed by atoms with E-state index in [4.69, 9.17) is 4.52 Å². The van der Waals surface area contributed by atoms with Gasteiger partial charge in [0.05, 0.1) is 0 Å². The summed E-state index contributed by atoms with van der Waals surface area (Å²) in [5, 5.41) is 7.23. The second-order valence-electron chi connectivity index (χ2n) is 7.50. The summed E-state index contributed by atoms with van der Waals surface area (Å²) in [6.07, 6.45) is 1.64. The van der Waals surface area contributed by atoms with Crippen molar-refractivity contribution >= 4 is 11.6 Å². The van der Waals surface area contributed by atoms with E-state index in [-0.39, 0.29) is 17.6 Å². The Bertz CT molecular complexity index is 962. The number of rotatable bonds is 5. The Morgan fingerprint density at radius 2 is 1.83 bits per heavy atom. The van der Waals surface area contributed by atoms with Gasteiger partial charge in [0.15, 0.2) is 5.76 Å². The number of hydrogen-bond acceptors (Lipinski definition) is 4. The zero-order valence-electron chi connectivity index (χ0n) is 16.4. The van der Waals surface area contributed by atoms with Gasteiger partial charge in [-0.05, 0) is 69.3 Å². The Balaban J connectivity index is 1.33. The Morgan fingerprint density at radius 3 is 2.52 bits per heavy atom. The summed E-state index contributed by atoms with van der Waals surface area (Å²) in [5.74, 6) is 0.522. The van der Waals surface area contributed by atoms with Crippen molar-refractivity contribution < 1.29 is 13.7 Å². The lowest BCUT2D eigenvalue weighted by molar-refractivity contribution is -0.121. The van der Waals surface area contributed by atoms with Gasteiger partial charge in [-0.1, -0.05) is 23.4 Å². The number of para-hydroxylation sites is 1. The monoisotopic (exact) mass is 393 g/mol. The lowest BCUT2D eigenvalue weighted by Crippen LogP contribution is -2.37. The van der Waals surface area contributed by atoms with Crippen molar-refractivity contribution in [2.45, 2.75) is 26.3 Å². The molecule has 0 saturated carbocycles.